The van der Waals surface area contributed by atoms with Gasteiger partial charge in [-0.1, -0.05) is 0 Å². The van der Waals surface area contributed by atoms with E-state index in [2.05, 4.69) is 0 Å². The van der Waals surface area contributed by atoms with E-state index in [0.717, 1.165) is 0 Å². The molecular formula is H3CeKO4S. The van der Waals surface area contributed by atoms with Gasteiger partial charge in [-0.3, -0.25) is 9.11 Å². The molecule has 0 unspecified atom stereocenters. The van der Waals surface area contributed by atoms with Gasteiger partial charge in [-0.15, -0.1) is 0 Å². The average molecular weight is 278 g/mol. The van der Waals surface area contributed by atoms with E-state index in [9.17, 15) is 0 Å². The van der Waals surface area contributed by atoms with Gasteiger partial charge in [0.25, 0.3) is 0 Å². The van der Waals surface area contributed by atoms with Gasteiger partial charge in [-0.2, -0.15) is 8.42 Å². The maximum Gasteiger partial charge on any atom is 1.00 e. The van der Waals surface area contributed by atoms with E-state index in [4.69, 9.17) is 17.5 Å². The summed E-state index contributed by atoms with van der Waals surface area (Å²) in [5, 5.41) is 0. The quantitative estimate of drug-likeness (QED) is 0.356. The summed E-state index contributed by atoms with van der Waals surface area (Å²) >= 11 is 0. The van der Waals surface area contributed by atoms with E-state index < -0.39 is 10.4 Å². The number of rotatable bonds is 0. The molecular weight excluding hydrogens is 275 g/mol. The Labute approximate surface area is 119 Å². The molecule has 0 amide bonds. The zero-order valence-corrected chi connectivity index (χ0v) is 10.7. The molecule has 0 spiro atoms. The van der Waals surface area contributed by atoms with E-state index >= 15 is 0 Å². The molecule has 0 aromatic heterocycles. The van der Waals surface area contributed by atoms with Crippen molar-refractivity contribution in [3.05, 3.63) is 0 Å². The first kappa shape index (κ1) is 16.5. The van der Waals surface area contributed by atoms with Gasteiger partial charge in [0.15, 0.2) is 0 Å². The predicted octanol–water partition coefficient (Wildman–Crippen LogP) is -3.54. The molecule has 0 radical (unpaired) electrons. The Bertz CT molecular complexity index is 99.2. The largest absolute Gasteiger partial charge is 1.00 e. The monoisotopic (exact) mass is 278 g/mol. The molecule has 38 valence electrons. The molecule has 0 aliphatic carbocycles. The van der Waals surface area contributed by atoms with Crippen LogP contribution in [0.4, 0.5) is 0 Å². The summed E-state index contributed by atoms with van der Waals surface area (Å²) in [4.78, 5) is 0. The summed E-state index contributed by atoms with van der Waals surface area (Å²) in [5.41, 5.74) is 0. The van der Waals surface area contributed by atoms with Crippen LogP contribution in [0.1, 0.15) is 1.43 Å². The fourth-order valence-electron chi connectivity index (χ4n) is 0. The summed E-state index contributed by atoms with van der Waals surface area (Å²) in [6, 6.07) is 0. The van der Waals surface area contributed by atoms with Gasteiger partial charge in [0.2, 0.25) is 0 Å². The Hall–Kier alpha value is 2.88. The Morgan fingerprint density at radius 3 is 1.29 bits per heavy atom. The molecule has 0 aliphatic rings. The van der Waals surface area contributed by atoms with Crippen LogP contribution < -0.4 is 51.4 Å². The second-order valence-electron chi connectivity index (χ2n) is 0.448. The van der Waals surface area contributed by atoms with Crippen molar-refractivity contribution in [2.75, 3.05) is 0 Å². The van der Waals surface area contributed by atoms with E-state index in [-0.39, 0.29) is 94.6 Å². The molecule has 0 atom stereocenters. The Balaban J connectivity index is -0.0000000267. The molecule has 0 bridgehead atoms. The summed E-state index contributed by atoms with van der Waals surface area (Å²) in [5.74, 6) is 0. The van der Waals surface area contributed by atoms with Crippen LogP contribution in [0.15, 0.2) is 0 Å². The van der Waals surface area contributed by atoms with Gasteiger partial charge in [0, 0.05) is 41.7 Å². The Morgan fingerprint density at radius 1 is 1.29 bits per heavy atom. The molecule has 0 fully saturated rings. The smallest absolute Gasteiger partial charge is 1.00 e. The van der Waals surface area contributed by atoms with Gasteiger partial charge in [0.1, 0.15) is 0 Å². The predicted molar refractivity (Wildman–Crippen MR) is 15.3 cm³/mol. The van der Waals surface area contributed by atoms with Crippen LogP contribution in [0.5, 0.6) is 0 Å². The first-order chi connectivity index (χ1) is 2.00. The van der Waals surface area contributed by atoms with Crippen LogP contribution in [-0.4, -0.2) is 17.5 Å². The molecule has 7 heteroatoms. The minimum atomic E-state index is -4.67. The summed E-state index contributed by atoms with van der Waals surface area (Å²) in [7, 11) is -4.67. The second-order valence-corrected chi connectivity index (χ2v) is 1.34. The zero-order valence-electron chi connectivity index (χ0n) is 4.62. The fraction of sp³-hybridized carbons (Fsp3) is 0. The van der Waals surface area contributed by atoms with Crippen molar-refractivity contribution in [2.45, 2.75) is 0 Å². The van der Waals surface area contributed by atoms with Crippen LogP contribution in [0, 0.1) is 41.7 Å². The van der Waals surface area contributed by atoms with Crippen LogP contribution in [0.25, 0.3) is 0 Å². The maximum absolute atomic E-state index is 8.74. The maximum atomic E-state index is 8.74. The molecule has 0 heterocycles. The van der Waals surface area contributed by atoms with Crippen LogP contribution in [0.3, 0.4) is 0 Å². The zero-order chi connectivity index (χ0) is 4.50. The number of hydrogen-bond acceptors (Lipinski definition) is 2. The topological polar surface area (TPSA) is 74.6 Å². The van der Waals surface area contributed by atoms with Gasteiger partial charge in [-0.25, -0.2) is 0 Å². The Kier molecular flexibility index (Phi) is 16.5. The molecule has 2 N–H and O–H groups in total. The minimum Gasteiger partial charge on any atom is -1.00 e. The van der Waals surface area contributed by atoms with Gasteiger partial charge >= 0.3 is 61.8 Å². The van der Waals surface area contributed by atoms with Gasteiger partial charge < -0.3 is 1.43 Å². The van der Waals surface area contributed by atoms with Gasteiger partial charge in [0.05, 0.1) is 0 Å². The molecule has 7 heavy (non-hydrogen) atoms. The fourth-order valence-corrected chi connectivity index (χ4v) is 0. The number of hydrogen-bond donors (Lipinski definition) is 2. The van der Waals surface area contributed by atoms with Crippen molar-refractivity contribution in [2.24, 2.45) is 0 Å². The van der Waals surface area contributed by atoms with E-state index in [0.29, 0.717) is 0 Å². The summed E-state index contributed by atoms with van der Waals surface area (Å²) in [6.07, 6.45) is 0. The normalized spacial score (nSPS) is 8.29. The van der Waals surface area contributed by atoms with Crippen LogP contribution in [-0.2, 0) is 10.4 Å². The third-order valence-electron chi connectivity index (χ3n) is 0. The molecule has 0 aromatic rings. The minimum absolute atomic E-state index is 0. The van der Waals surface area contributed by atoms with Crippen molar-refractivity contribution < 1.29 is 112 Å². The van der Waals surface area contributed by atoms with Gasteiger partial charge in [-0.05, 0) is 0 Å². The van der Waals surface area contributed by atoms with Crippen LogP contribution in [0.2, 0.25) is 0 Å². The van der Waals surface area contributed by atoms with E-state index in [1.165, 1.54) is 0 Å². The molecule has 4 nitrogen and oxygen atoms in total. The third kappa shape index (κ3) is 50.6. The van der Waals surface area contributed by atoms with Crippen LogP contribution >= 0.6 is 0 Å². The second kappa shape index (κ2) is 7.00. The molecule has 0 aromatic carbocycles. The van der Waals surface area contributed by atoms with Crippen molar-refractivity contribution in [3.63, 3.8) is 0 Å². The molecule has 0 rings (SSSR count). The van der Waals surface area contributed by atoms with E-state index in [1.54, 1.807) is 0 Å². The Morgan fingerprint density at radius 2 is 1.29 bits per heavy atom. The summed E-state index contributed by atoms with van der Waals surface area (Å²) in [6.45, 7) is 0. The first-order valence-electron chi connectivity index (χ1n) is 0.698. The van der Waals surface area contributed by atoms with Crippen molar-refractivity contribution >= 4 is 10.4 Å². The molecule has 0 saturated heterocycles. The average Bonchev–Trinajstić information content (AvgIpc) is 0.722. The van der Waals surface area contributed by atoms with Crippen molar-refractivity contribution in [1.82, 2.24) is 0 Å². The molecule has 0 saturated carbocycles. The SMILES string of the molecule is O=S(=O)(O)O.[Ce].[H-].[K+]. The molecule has 0 aliphatic heterocycles. The standard InChI is InChI=1S/Ce.K.H2O4S.H/c;;1-5(2,3)4;/h;;(H2,1,2,3,4);/q;+1;;-1. The van der Waals surface area contributed by atoms with Crippen molar-refractivity contribution in [3.8, 4) is 0 Å². The third-order valence-corrected chi connectivity index (χ3v) is 0. The van der Waals surface area contributed by atoms with E-state index in [1.807, 2.05) is 0 Å². The summed E-state index contributed by atoms with van der Waals surface area (Å²) < 4.78 is 31.6. The van der Waals surface area contributed by atoms with Crippen molar-refractivity contribution in [1.29, 1.82) is 0 Å². The first-order valence-corrected chi connectivity index (χ1v) is 2.10.